The minimum absolute atomic E-state index is 0.108. The van der Waals surface area contributed by atoms with Crippen LogP contribution in [0.5, 0.6) is 5.75 Å². The number of halogens is 1. The van der Waals surface area contributed by atoms with Crippen molar-refractivity contribution in [2.45, 2.75) is 19.3 Å². The summed E-state index contributed by atoms with van der Waals surface area (Å²) >= 11 is 7.53. The van der Waals surface area contributed by atoms with E-state index in [0.717, 1.165) is 10.6 Å². The van der Waals surface area contributed by atoms with E-state index in [1.807, 2.05) is 29.6 Å². The molecule has 0 saturated heterocycles. The first-order chi connectivity index (χ1) is 14.0. The molecule has 6 nitrogen and oxygen atoms in total. The van der Waals surface area contributed by atoms with Crippen LogP contribution in [0.15, 0.2) is 53.9 Å². The molecule has 3 rings (SSSR count). The van der Waals surface area contributed by atoms with E-state index in [1.165, 1.54) is 11.3 Å². The molecule has 0 aliphatic rings. The Morgan fingerprint density at radius 1 is 1.17 bits per heavy atom. The number of aromatic nitrogens is 1. The van der Waals surface area contributed by atoms with Crippen LogP contribution in [0.4, 0.5) is 5.69 Å². The van der Waals surface area contributed by atoms with Gasteiger partial charge in [0.15, 0.2) is 0 Å². The molecule has 0 bridgehead atoms. The van der Waals surface area contributed by atoms with Gasteiger partial charge in [-0.2, -0.15) is 0 Å². The molecule has 0 unspecified atom stereocenters. The van der Waals surface area contributed by atoms with Gasteiger partial charge in [-0.15, -0.1) is 11.3 Å². The van der Waals surface area contributed by atoms with Crippen LogP contribution >= 0.6 is 22.9 Å². The van der Waals surface area contributed by atoms with Crippen molar-refractivity contribution < 1.29 is 14.3 Å². The van der Waals surface area contributed by atoms with Crippen LogP contribution < -0.4 is 15.8 Å². The first-order valence-electron chi connectivity index (χ1n) is 8.97. The molecule has 0 atom stereocenters. The summed E-state index contributed by atoms with van der Waals surface area (Å²) in [5.41, 5.74) is 7.44. The SMILES string of the molecule is NC(=O)CCOc1ccccc1NC(=O)Cc1csc(Cc2cccc(Cl)c2)n1. The highest BCUT2D eigenvalue weighted by molar-refractivity contribution is 7.09. The van der Waals surface area contributed by atoms with Crippen molar-refractivity contribution in [3.63, 3.8) is 0 Å². The number of ether oxygens (including phenoxy) is 1. The number of carbonyl (C=O) groups is 2. The molecule has 0 aliphatic heterocycles. The Balaban J connectivity index is 1.57. The molecule has 0 fully saturated rings. The Kier molecular flexibility index (Phi) is 7.21. The molecule has 1 aromatic heterocycles. The first-order valence-corrected chi connectivity index (χ1v) is 10.2. The van der Waals surface area contributed by atoms with Crippen LogP contribution in [0.1, 0.15) is 22.7 Å². The molecule has 8 heteroatoms. The minimum atomic E-state index is -0.441. The summed E-state index contributed by atoms with van der Waals surface area (Å²) < 4.78 is 5.54. The third-order valence-corrected chi connectivity index (χ3v) is 5.09. The number of carbonyl (C=O) groups excluding carboxylic acids is 2. The minimum Gasteiger partial charge on any atom is -0.491 e. The van der Waals surface area contributed by atoms with Gasteiger partial charge in [0.05, 0.1) is 35.8 Å². The maximum atomic E-state index is 12.4. The molecule has 0 aliphatic carbocycles. The molecule has 3 aromatic rings. The molecule has 2 amide bonds. The molecule has 2 aromatic carbocycles. The highest BCUT2D eigenvalue weighted by Gasteiger charge is 2.11. The number of primary amides is 1. The monoisotopic (exact) mass is 429 g/mol. The van der Waals surface area contributed by atoms with E-state index in [2.05, 4.69) is 10.3 Å². The van der Waals surface area contributed by atoms with Gasteiger partial charge in [-0.25, -0.2) is 4.98 Å². The van der Waals surface area contributed by atoms with E-state index in [9.17, 15) is 9.59 Å². The Bertz CT molecular complexity index is 1010. The number of para-hydroxylation sites is 2. The average Bonchev–Trinajstić information content (AvgIpc) is 3.09. The molecule has 1 heterocycles. The molecule has 0 radical (unpaired) electrons. The Morgan fingerprint density at radius 3 is 2.79 bits per heavy atom. The quantitative estimate of drug-likeness (QED) is 0.540. The summed E-state index contributed by atoms with van der Waals surface area (Å²) in [5.74, 6) is -0.152. The first kappa shape index (κ1) is 20.8. The fraction of sp³-hybridized carbons (Fsp3) is 0.190. The molecular weight excluding hydrogens is 410 g/mol. The highest BCUT2D eigenvalue weighted by atomic mass is 35.5. The van der Waals surface area contributed by atoms with Crippen LogP contribution in [0.25, 0.3) is 0 Å². The lowest BCUT2D eigenvalue weighted by molar-refractivity contribution is -0.118. The van der Waals surface area contributed by atoms with Crippen molar-refractivity contribution in [1.82, 2.24) is 4.98 Å². The summed E-state index contributed by atoms with van der Waals surface area (Å²) in [6.45, 7) is 0.154. The summed E-state index contributed by atoms with van der Waals surface area (Å²) in [6, 6.07) is 14.7. The topological polar surface area (TPSA) is 94.3 Å². The molecular formula is C21H20ClN3O3S. The summed E-state index contributed by atoms with van der Waals surface area (Å²) in [5, 5.41) is 6.33. The van der Waals surface area contributed by atoms with Crippen molar-refractivity contribution in [2.75, 3.05) is 11.9 Å². The van der Waals surface area contributed by atoms with E-state index < -0.39 is 5.91 Å². The van der Waals surface area contributed by atoms with E-state index in [4.69, 9.17) is 22.1 Å². The van der Waals surface area contributed by atoms with Crippen LogP contribution in [-0.2, 0) is 22.4 Å². The predicted octanol–water partition coefficient (Wildman–Crippen LogP) is 3.82. The van der Waals surface area contributed by atoms with Crippen LogP contribution in [-0.4, -0.2) is 23.4 Å². The lowest BCUT2D eigenvalue weighted by atomic mass is 10.2. The van der Waals surface area contributed by atoms with E-state index in [0.29, 0.717) is 28.6 Å². The molecule has 29 heavy (non-hydrogen) atoms. The number of thiazole rings is 1. The van der Waals surface area contributed by atoms with Gasteiger partial charge in [0.1, 0.15) is 5.75 Å². The summed E-state index contributed by atoms with van der Waals surface area (Å²) in [7, 11) is 0. The Morgan fingerprint density at radius 2 is 2.00 bits per heavy atom. The number of hydrogen-bond acceptors (Lipinski definition) is 5. The number of benzene rings is 2. The van der Waals surface area contributed by atoms with Crippen molar-refractivity contribution >= 4 is 40.4 Å². The van der Waals surface area contributed by atoms with Crippen molar-refractivity contribution in [2.24, 2.45) is 5.73 Å². The van der Waals surface area contributed by atoms with Gasteiger partial charge in [0.25, 0.3) is 0 Å². The van der Waals surface area contributed by atoms with E-state index in [1.54, 1.807) is 24.3 Å². The van der Waals surface area contributed by atoms with Gasteiger partial charge in [0.2, 0.25) is 11.8 Å². The smallest absolute Gasteiger partial charge is 0.230 e. The van der Waals surface area contributed by atoms with Gasteiger partial charge in [-0.1, -0.05) is 35.9 Å². The molecule has 0 spiro atoms. The van der Waals surface area contributed by atoms with Crippen LogP contribution in [0, 0.1) is 0 Å². The van der Waals surface area contributed by atoms with Gasteiger partial charge < -0.3 is 15.8 Å². The normalized spacial score (nSPS) is 10.5. The maximum absolute atomic E-state index is 12.4. The summed E-state index contributed by atoms with van der Waals surface area (Å²) in [6.07, 6.45) is 0.932. The molecule has 3 N–H and O–H groups in total. The third kappa shape index (κ3) is 6.58. The number of nitrogens with one attached hydrogen (secondary N) is 1. The van der Waals surface area contributed by atoms with Gasteiger partial charge in [-0.05, 0) is 29.8 Å². The highest BCUT2D eigenvalue weighted by Crippen LogP contribution is 2.24. The van der Waals surface area contributed by atoms with Gasteiger partial charge >= 0.3 is 0 Å². The third-order valence-electron chi connectivity index (χ3n) is 3.95. The van der Waals surface area contributed by atoms with Crippen LogP contribution in [0.3, 0.4) is 0 Å². The van der Waals surface area contributed by atoms with Crippen molar-refractivity contribution in [3.8, 4) is 5.75 Å². The second kappa shape index (κ2) is 10.0. The molecule has 0 saturated carbocycles. The standard InChI is InChI=1S/C21H20ClN3O3S/c22-15-5-3-4-14(10-15)11-21-24-16(13-29-21)12-20(27)25-17-6-1-2-7-18(17)28-9-8-19(23)26/h1-7,10,13H,8-9,11-12H2,(H2,23,26)(H,25,27). The zero-order chi connectivity index (χ0) is 20.6. The zero-order valence-electron chi connectivity index (χ0n) is 15.6. The van der Waals surface area contributed by atoms with Crippen LogP contribution in [0.2, 0.25) is 5.02 Å². The zero-order valence-corrected chi connectivity index (χ0v) is 17.1. The largest absolute Gasteiger partial charge is 0.491 e. The van der Waals surface area contributed by atoms with E-state index >= 15 is 0 Å². The fourth-order valence-corrected chi connectivity index (χ4v) is 3.69. The Labute approximate surface area is 177 Å². The number of rotatable bonds is 9. The number of anilines is 1. The lowest BCUT2D eigenvalue weighted by Crippen LogP contribution is -2.17. The average molecular weight is 430 g/mol. The maximum Gasteiger partial charge on any atom is 0.230 e. The number of amides is 2. The number of nitrogens with zero attached hydrogens (tertiary/aromatic N) is 1. The second-order valence-corrected chi connectivity index (χ2v) is 7.70. The predicted molar refractivity (Wildman–Crippen MR) is 114 cm³/mol. The fourth-order valence-electron chi connectivity index (χ4n) is 2.65. The second-order valence-electron chi connectivity index (χ2n) is 6.33. The number of hydrogen-bond donors (Lipinski definition) is 2. The van der Waals surface area contributed by atoms with Crippen molar-refractivity contribution in [3.05, 3.63) is 75.2 Å². The van der Waals surface area contributed by atoms with Gasteiger partial charge in [-0.3, -0.25) is 9.59 Å². The van der Waals surface area contributed by atoms with E-state index in [-0.39, 0.29) is 25.4 Å². The number of nitrogens with two attached hydrogens (primary N) is 1. The lowest BCUT2D eigenvalue weighted by Gasteiger charge is -2.11. The van der Waals surface area contributed by atoms with Gasteiger partial charge in [0, 0.05) is 16.8 Å². The van der Waals surface area contributed by atoms with Crippen molar-refractivity contribution in [1.29, 1.82) is 0 Å². The Hall–Kier alpha value is -2.90. The molecule has 150 valence electrons. The summed E-state index contributed by atoms with van der Waals surface area (Å²) in [4.78, 5) is 27.8.